The molecule has 6 rings (SSSR count). The quantitative estimate of drug-likeness (QED) is 0.625. The fourth-order valence-corrected chi connectivity index (χ4v) is 5.01. The highest BCUT2D eigenvalue weighted by atomic mass is 19.1. The van der Waals surface area contributed by atoms with Crippen LogP contribution in [0.15, 0.2) is 54.6 Å². The van der Waals surface area contributed by atoms with Crippen LogP contribution in [0.2, 0.25) is 0 Å². The van der Waals surface area contributed by atoms with Crippen molar-refractivity contribution in [2.75, 3.05) is 47.9 Å². The molecule has 1 saturated heterocycles. The number of hydrazine groups is 1. The molecular formula is C25H28FN7. The molecule has 0 bridgehead atoms. The Bertz CT molecular complexity index is 1130. The molecule has 1 unspecified atom stereocenters. The molecule has 3 aliphatic rings. The van der Waals surface area contributed by atoms with Crippen molar-refractivity contribution in [1.29, 1.82) is 0 Å². The number of rotatable bonds is 5. The summed E-state index contributed by atoms with van der Waals surface area (Å²) in [4.78, 5) is 16.9. The Labute approximate surface area is 193 Å². The summed E-state index contributed by atoms with van der Waals surface area (Å²) in [6, 6.07) is 17.8. The predicted molar refractivity (Wildman–Crippen MR) is 128 cm³/mol. The number of hydrogen-bond acceptors (Lipinski definition) is 7. The molecule has 1 fully saturated rings. The van der Waals surface area contributed by atoms with E-state index in [9.17, 15) is 4.39 Å². The number of nitrogens with one attached hydrogen (secondary N) is 2. The van der Waals surface area contributed by atoms with Crippen LogP contribution in [0.25, 0.3) is 0 Å². The van der Waals surface area contributed by atoms with Gasteiger partial charge in [-0.25, -0.2) is 9.82 Å². The summed E-state index contributed by atoms with van der Waals surface area (Å²) in [5.41, 5.74) is 9.88. The molecule has 2 N–H and O–H groups in total. The molecule has 7 nitrogen and oxygen atoms in total. The lowest BCUT2D eigenvalue weighted by Crippen LogP contribution is -2.46. The van der Waals surface area contributed by atoms with Crippen LogP contribution in [0.4, 0.5) is 22.0 Å². The number of aromatic nitrogens is 2. The molecule has 0 aliphatic carbocycles. The van der Waals surface area contributed by atoms with E-state index in [2.05, 4.69) is 55.9 Å². The van der Waals surface area contributed by atoms with Gasteiger partial charge in [0.05, 0.1) is 11.6 Å². The molecule has 3 aromatic rings. The molecule has 4 heterocycles. The van der Waals surface area contributed by atoms with Crippen LogP contribution in [-0.4, -0.2) is 47.6 Å². The van der Waals surface area contributed by atoms with Crippen LogP contribution < -0.4 is 20.7 Å². The largest absolute Gasteiger partial charge is 0.352 e. The fourth-order valence-electron chi connectivity index (χ4n) is 5.01. The summed E-state index contributed by atoms with van der Waals surface area (Å²) in [6.07, 6.45) is 1.03. The van der Waals surface area contributed by atoms with Crippen molar-refractivity contribution in [1.82, 2.24) is 20.3 Å². The van der Waals surface area contributed by atoms with E-state index in [-0.39, 0.29) is 11.9 Å². The van der Waals surface area contributed by atoms with Crippen LogP contribution in [-0.2, 0) is 13.1 Å². The number of nitrogens with zero attached hydrogens (tertiary/aromatic N) is 5. The number of piperazine rings is 1. The average molecular weight is 446 g/mol. The van der Waals surface area contributed by atoms with Gasteiger partial charge in [0.15, 0.2) is 5.82 Å². The summed E-state index contributed by atoms with van der Waals surface area (Å²) in [5, 5.41) is 0. The molecule has 0 radical (unpaired) electrons. The van der Waals surface area contributed by atoms with E-state index in [1.165, 1.54) is 17.2 Å². The van der Waals surface area contributed by atoms with Gasteiger partial charge in [-0.2, -0.15) is 9.97 Å². The molecule has 8 heteroatoms. The van der Waals surface area contributed by atoms with E-state index < -0.39 is 0 Å². The maximum absolute atomic E-state index is 14.1. The molecule has 0 amide bonds. The summed E-state index contributed by atoms with van der Waals surface area (Å²) < 4.78 is 14.1. The maximum atomic E-state index is 14.1. The van der Waals surface area contributed by atoms with Crippen LogP contribution in [0.1, 0.15) is 29.2 Å². The second-order valence-electron chi connectivity index (χ2n) is 8.98. The summed E-state index contributed by atoms with van der Waals surface area (Å²) in [7, 11) is 0. The van der Waals surface area contributed by atoms with E-state index in [1.807, 2.05) is 12.1 Å². The Balaban J connectivity index is 1.20. The van der Waals surface area contributed by atoms with Crippen molar-refractivity contribution in [2.24, 2.45) is 0 Å². The molecule has 33 heavy (non-hydrogen) atoms. The van der Waals surface area contributed by atoms with Gasteiger partial charge in [0.25, 0.3) is 0 Å². The van der Waals surface area contributed by atoms with Crippen LogP contribution in [0.5, 0.6) is 0 Å². The van der Waals surface area contributed by atoms with Crippen molar-refractivity contribution in [3.8, 4) is 0 Å². The van der Waals surface area contributed by atoms with E-state index in [0.717, 1.165) is 68.8 Å². The second-order valence-corrected chi connectivity index (χ2v) is 8.98. The minimum absolute atomic E-state index is 0.132. The van der Waals surface area contributed by atoms with Crippen molar-refractivity contribution in [3.63, 3.8) is 0 Å². The summed E-state index contributed by atoms with van der Waals surface area (Å²) >= 11 is 0. The Morgan fingerprint density at radius 2 is 1.67 bits per heavy atom. The molecule has 2 aromatic carbocycles. The molecule has 3 aliphatic heterocycles. The van der Waals surface area contributed by atoms with Gasteiger partial charge < -0.3 is 15.2 Å². The average Bonchev–Trinajstić information content (AvgIpc) is 3.27. The second kappa shape index (κ2) is 8.61. The highest BCUT2D eigenvalue weighted by Gasteiger charge is 2.35. The van der Waals surface area contributed by atoms with Gasteiger partial charge in [-0.3, -0.25) is 4.90 Å². The van der Waals surface area contributed by atoms with E-state index in [1.54, 1.807) is 6.07 Å². The first-order valence-electron chi connectivity index (χ1n) is 11.7. The molecule has 0 saturated carbocycles. The maximum Gasteiger partial charge on any atom is 0.229 e. The van der Waals surface area contributed by atoms with Crippen molar-refractivity contribution in [3.05, 3.63) is 77.1 Å². The van der Waals surface area contributed by atoms with Gasteiger partial charge in [-0.05, 0) is 18.1 Å². The first-order valence-corrected chi connectivity index (χ1v) is 11.7. The van der Waals surface area contributed by atoms with Crippen molar-refractivity contribution in [2.45, 2.75) is 25.6 Å². The first-order chi connectivity index (χ1) is 16.2. The Morgan fingerprint density at radius 1 is 0.879 bits per heavy atom. The lowest BCUT2D eigenvalue weighted by atomic mass is 10.0. The zero-order valence-corrected chi connectivity index (χ0v) is 18.5. The van der Waals surface area contributed by atoms with E-state index in [0.29, 0.717) is 6.54 Å². The number of halogens is 1. The third-order valence-electron chi connectivity index (χ3n) is 6.84. The SMILES string of the molecule is Fc1ccccc1CN1CCN(c2nc3c4c(n2)N(Cc2ccccc2)CCC4NN3)CC1. The van der Waals surface area contributed by atoms with Crippen LogP contribution >= 0.6 is 0 Å². The Morgan fingerprint density at radius 3 is 2.48 bits per heavy atom. The summed E-state index contributed by atoms with van der Waals surface area (Å²) in [6.45, 7) is 5.78. The minimum atomic E-state index is -0.132. The molecule has 1 atom stereocenters. The smallest absolute Gasteiger partial charge is 0.229 e. The highest BCUT2D eigenvalue weighted by Crippen LogP contribution is 2.41. The lowest BCUT2D eigenvalue weighted by molar-refractivity contribution is 0.245. The van der Waals surface area contributed by atoms with E-state index >= 15 is 0 Å². The molecular weight excluding hydrogens is 417 g/mol. The standard InChI is InChI=1S/C25H28FN7/c26-20-9-5-4-8-19(20)17-31-12-14-32(15-13-31)25-27-23-22-21(29-30-23)10-11-33(24(22)28-25)16-18-6-2-1-3-7-18/h1-9,21,29H,10-17H2,(H,27,28,30). The van der Waals surface area contributed by atoms with Crippen LogP contribution in [0.3, 0.4) is 0 Å². The molecule has 0 spiro atoms. The monoisotopic (exact) mass is 445 g/mol. The fraction of sp³-hybridized carbons (Fsp3) is 0.360. The number of anilines is 3. The van der Waals surface area contributed by atoms with Gasteiger partial charge in [0.2, 0.25) is 5.95 Å². The number of benzene rings is 2. The molecule has 1 aromatic heterocycles. The third kappa shape index (κ3) is 4.00. The highest BCUT2D eigenvalue weighted by molar-refractivity contribution is 5.67. The summed E-state index contributed by atoms with van der Waals surface area (Å²) in [5.74, 6) is 2.56. The minimum Gasteiger partial charge on any atom is -0.352 e. The van der Waals surface area contributed by atoms with Gasteiger partial charge in [0, 0.05) is 51.4 Å². The normalized spacial score (nSPS) is 20.0. The van der Waals surface area contributed by atoms with Gasteiger partial charge >= 0.3 is 0 Å². The Kier molecular flexibility index (Phi) is 5.32. The van der Waals surface area contributed by atoms with E-state index in [4.69, 9.17) is 9.97 Å². The third-order valence-corrected chi connectivity index (χ3v) is 6.84. The van der Waals surface area contributed by atoms with Crippen molar-refractivity contribution >= 4 is 17.6 Å². The zero-order chi connectivity index (χ0) is 22.2. The lowest BCUT2D eigenvalue weighted by Gasteiger charge is -2.36. The Hall–Kier alpha value is -3.23. The number of hydrogen-bond donors (Lipinski definition) is 2. The predicted octanol–water partition coefficient (Wildman–Crippen LogP) is 3.32. The zero-order valence-electron chi connectivity index (χ0n) is 18.5. The van der Waals surface area contributed by atoms with Crippen molar-refractivity contribution < 1.29 is 4.39 Å². The van der Waals surface area contributed by atoms with Gasteiger partial charge in [0.1, 0.15) is 11.6 Å². The van der Waals surface area contributed by atoms with Gasteiger partial charge in [-0.1, -0.05) is 48.5 Å². The first kappa shape index (κ1) is 20.4. The van der Waals surface area contributed by atoms with Crippen LogP contribution in [0, 0.1) is 5.82 Å². The topological polar surface area (TPSA) is 59.6 Å². The molecule has 170 valence electrons. The van der Waals surface area contributed by atoms with Gasteiger partial charge in [-0.15, -0.1) is 0 Å².